The molecular formula is C67H122O6. The maximum absolute atomic E-state index is 12.9. The summed E-state index contributed by atoms with van der Waals surface area (Å²) in [7, 11) is 0. The minimum absolute atomic E-state index is 0.0803. The van der Waals surface area contributed by atoms with Gasteiger partial charge < -0.3 is 14.2 Å². The summed E-state index contributed by atoms with van der Waals surface area (Å²) in [5.41, 5.74) is 0. The van der Waals surface area contributed by atoms with Gasteiger partial charge in [-0.05, 0) is 77.0 Å². The molecule has 6 nitrogen and oxygen atoms in total. The van der Waals surface area contributed by atoms with Crippen LogP contribution in [0.1, 0.15) is 342 Å². The van der Waals surface area contributed by atoms with E-state index in [2.05, 4.69) is 69.4 Å². The van der Waals surface area contributed by atoms with Crippen molar-refractivity contribution in [3.8, 4) is 0 Å². The zero-order valence-corrected chi connectivity index (χ0v) is 48.9. The molecule has 0 rings (SSSR count). The summed E-state index contributed by atoms with van der Waals surface area (Å²) in [5.74, 6) is -0.891. The predicted molar refractivity (Wildman–Crippen MR) is 316 cm³/mol. The van der Waals surface area contributed by atoms with E-state index in [1.54, 1.807) is 0 Å². The summed E-state index contributed by atoms with van der Waals surface area (Å²) < 4.78 is 16.9. The summed E-state index contributed by atoms with van der Waals surface area (Å²) in [6.45, 7) is 6.58. The molecule has 0 aliphatic heterocycles. The SMILES string of the molecule is CCC/C=C\C/C=C\CCCCCCCC(=O)OCC(COC(=O)CCCCCCCCCCCCCCCCCCCCCCCCCCCC)OC(=O)CCCCCCC/C=C\C/C=C\CCCCCC. The monoisotopic (exact) mass is 1020 g/mol. The molecule has 0 spiro atoms. The molecule has 0 saturated heterocycles. The van der Waals surface area contributed by atoms with Gasteiger partial charge in [-0.1, -0.05) is 294 Å². The van der Waals surface area contributed by atoms with E-state index in [-0.39, 0.29) is 31.1 Å². The fraction of sp³-hybridized carbons (Fsp3) is 0.836. The second-order valence-electron chi connectivity index (χ2n) is 21.7. The van der Waals surface area contributed by atoms with Crippen molar-refractivity contribution in [3.63, 3.8) is 0 Å². The topological polar surface area (TPSA) is 78.9 Å². The van der Waals surface area contributed by atoms with Crippen molar-refractivity contribution in [1.82, 2.24) is 0 Å². The van der Waals surface area contributed by atoms with Gasteiger partial charge in [0.1, 0.15) is 13.2 Å². The minimum atomic E-state index is -0.785. The van der Waals surface area contributed by atoms with Crippen LogP contribution in [0.25, 0.3) is 0 Å². The van der Waals surface area contributed by atoms with Crippen LogP contribution in [0.4, 0.5) is 0 Å². The molecule has 1 unspecified atom stereocenters. The van der Waals surface area contributed by atoms with E-state index in [4.69, 9.17) is 14.2 Å². The van der Waals surface area contributed by atoms with Crippen LogP contribution < -0.4 is 0 Å². The Balaban J connectivity index is 4.23. The highest BCUT2D eigenvalue weighted by molar-refractivity contribution is 5.71. The lowest BCUT2D eigenvalue weighted by atomic mass is 10.0. The molecule has 0 aromatic rings. The van der Waals surface area contributed by atoms with Crippen LogP contribution in [-0.4, -0.2) is 37.2 Å². The standard InChI is InChI=1S/C67H122O6/c1-4-7-10-13-16-19-22-25-27-29-30-31-32-33-34-35-36-37-38-40-42-45-48-51-54-57-60-66(69)72-63-64(62-71-65(68)59-56-53-50-47-44-41-24-21-18-15-12-9-6-3)73-67(70)61-58-55-52-49-46-43-39-28-26-23-20-17-14-11-8-5-2/h12,15,20-21,23-24,28,39,64H,4-11,13-14,16-19,22,25-27,29-38,40-63H2,1-3H3/b15-12-,23-20-,24-21-,39-28-. The zero-order valence-electron chi connectivity index (χ0n) is 48.9. The van der Waals surface area contributed by atoms with Crippen LogP contribution in [0.2, 0.25) is 0 Å². The zero-order chi connectivity index (χ0) is 52.9. The number of ether oxygens (including phenoxy) is 3. The molecule has 73 heavy (non-hydrogen) atoms. The molecular weight excluding hydrogens is 901 g/mol. The van der Waals surface area contributed by atoms with Crippen molar-refractivity contribution in [3.05, 3.63) is 48.6 Å². The van der Waals surface area contributed by atoms with Crippen molar-refractivity contribution < 1.29 is 28.6 Å². The van der Waals surface area contributed by atoms with Gasteiger partial charge in [0, 0.05) is 19.3 Å². The molecule has 0 aromatic carbocycles. The molecule has 0 aliphatic carbocycles. The number of allylic oxidation sites excluding steroid dienone is 8. The molecule has 0 aliphatic rings. The van der Waals surface area contributed by atoms with E-state index in [0.29, 0.717) is 19.3 Å². The molecule has 0 aromatic heterocycles. The third-order valence-electron chi connectivity index (χ3n) is 14.3. The second-order valence-corrected chi connectivity index (χ2v) is 21.7. The van der Waals surface area contributed by atoms with Gasteiger partial charge in [-0.2, -0.15) is 0 Å². The number of esters is 3. The Morgan fingerprint density at radius 3 is 0.822 bits per heavy atom. The first-order chi connectivity index (χ1) is 36.0. The quantitative estimate of drug-likeness (QED) is 0.0261. The highest BCUT2D eigenvalue weighted by Gasteiger charge is 2.19. The first-order valence-electron chi connectivity index (χ1n) is 32.1. The van der Waals surface area contributed by atoms with Crippen LogP contribution in [0.3, 0.4) is 0 Å². The van der Waals surface area contributed by atoms with Crippen LogP contribution in [0.15, 0.2) is 48.6 Å². The predicted octanol–water partition coefficient (Wildman–Crippen LogP) is 21.8. The molecule has 0 bridgehead atoms. The number of hydrogen-bond donors (Lipinski definition) is 0. The normalized spacial score (nSPS) is 12.3. The molecule has 0 fully saturated rings. The Morgan fingerprint density at radius 2 is 0.521 bits per heavy atom. The average Bonchev–Trinajstić information content (AvgIpc) is 3.39. The van der Waals surface area contributed by atoms with E-state index in [9.17, 15) is 14.4 Å². The minimum Gasteiger partial charge on any atom is -0.462 e. The van der Waals surface area contributed by atoms with Crippen molar-refractivity contribution in [1.29, 1.82) is 0 Å². The summed E-state index contributed by atoms with van der Waals surface area (Å²) in [6.07, 6.45) is 77.0. The maximum atomic E-state index is 12.9. The summed E-state index contributed by atoms with van der Waals surface area (Å²) in [4.78, 5) is 38.2. The van der Waals surface area contributed by atoms with Gasteiger partial charge in [0.15, 0.2) is 6.10 Å². The fourth-order valence-electron chi connectivity index (χ4n) is 9.46. The first kappa shape index (κ1) is 70.4. The van der Waals surface area contributed by atoms with Crippen molar-refractivity contribution >= 4 is 17.9 Å². The number of hydrogen-bond acceptors (Lipinski definition) is 6. The molecule has 0 amide bonds. The lowest BCUT2D eigenvalue weighted by molar-refractivity contribution is -0.167. The van der Waals surface area contributed by atoms with Crippen molar-refractivity contribution in [2.45, 2.75) is 348 Å². The lowest BCUT2D eigenvalue weighted by Gasteiger charge is -2.18. The first-order valence-corrected chi connectivity index (χ1v) is 32.1. The van der Waals surface area contributed by atoms with E-state index >= 15 is 0 Å². The Labute approximate surface area is 454 Å². The fourth-order valence-corrected chi connectivity index (χ4v) is 9.46. The Hall–Kier alpha value is -2.63. The number of carbonyl (C=O) groups is 3. The molecule has 0 N–H and O–H groups in total. The van der Waals surface area contributed by atoms with Gasteiger partial charge in [-0.3, -0.25) is 14.4 Å². The number of unbranched alkanes of at least 4 members (excludes halogenated alkanes) is 40. The van der Waals surface area contributed by atoms with Crippen molar-refractivity contribution in [2.75, 3.05) is 13.2 Å². The highest BCUT2D eigenvalue weighted by Crippen LogP contribution is 2.18. The van der Waals surface area contributed by atoms with Crippen LogP contribution in [0, 0.1) is 0 Å². The van der Waals surface area contributed by atoms with Gasteiger partial charge in [0.25, 0.3) is 0 Å². The summed E-state index contributed by atoms with van der Waals surface area (Å²) >= 11 is 0. The number of rotatable bonds is 59. The Bertz CT molecular complexity index is 1270. The van der Waals surface area contributed by atoms with Crippen LogP contribution in [-0.2, 0) is 28.6 Å². The molecule has 426 valence electrons. The summed E-state index contributed by atoms with van der Waals surface area (Å²) in [6, 6.07) is 0. The third kappa shape index (κ3) is 60.1. The molecule has 6 heteroatoms. The Kier molecular flexibility index (Phi) is 59.7. The Morgan fingerprint density at radius 1 is 0.274 bits per heavy atom. The average molecular weight is 1020 g/mol. The molecule has 0 saturated carbocycles. The maximum Gasteiger partial charge on any atom is 0.306 e. The number of carbonyl (C=O) groups excluding carboxylic acids is 3. The van der Waals surface area contributed by atoms with E-state index < -0.39 is 6.10 Å². The van der Waals surface area contributed by atoms with Crippen molar-refractivity contribution in [2.24, 2.45) is 0 Å². The third-order valence-corrected chi connectivity index (χ3v) is 14.3. The largest absolute Gasteiger partial charge is 0.462 e. The highest BCUT2D eigenvalue weighted by atomic mass is 16.6. The summed E-state index contributed by atoms with van der Waals surface area (Å²) in [5, 5.41) is 0. The molecule has 0 heterocycles. The van der Waals surface area contributed by atoms with E-state index in [1.165, 1.54) is 193 Å². The molecule has 0 radical (unpaired) electrons. The molecule has 1 atom stereocenters. The van der Waals surface area contributed by atoms with Crippen LogP contribution in [0.5, 0.6) is 0 Å². The van der Waals surface area contributed by atoms with Gasteiger partial charge in [0.2, 0.25) is 0 Å². The van der Waals surface area contributed by atoms with Crippen LogP contribution >= 0.6 is 0 Å². The van der Waals surface area contributed by atoms with Gasteiger partial charge in [-0.25, -0.2) is 0 Å². The van der Waals surface area contributed by atoms with Gasteiger partial charge in [-0.15, -0.1) is 0 Å². The second kappa shape index (κ2) is 61.9. The van der Waals surface area contributed by atoms with E-state index in [1.807, 2.05) is 0 Å². The van der Waals surface area contributed by atoms with E-state index in [0.717, 1.165) is 109 Å². The lowest BCUT2D eigenvalue weighted by Crippen LogP contribution is -2.30. The smallest absolute Gasteiger partial charge is 0.306 e. The van der Waals surface area contributed by atoms with Gasteiger partial charge >= 0.3 is 17.9 Å². The van der Waals surface area contributed by atoms with Gasteiger partial charge in [0.05, 0.1) is 0 Å².